The molecule has 0 radical (unpaired) electrons. The van der Waals surface area contributed by atoms with Gasteiger partial charge in [0.25, 0.3) is 0 Å². The van der Waals surface area contributed by atoms with Gasteiger partial charge in [0, 0.05) is 42.3 Å². The Balaban J connectivity index is 1.94. The first-order valence-electron chi connectivity index (χ1n) is 9.24. The van der Waals surface area contributed by atoms with Gasteiger partial charge in [0.1, 0.15) is 17.0 Å². The van der Waals surface area contributed by atoms with Crippen molar-refractivity contribution in [2.75, 3.05) is 7.11 Å². The highest BCUT2D eigenvalue weighted by molar-refractivity contribution is 5.94. The van der Waals surface area contributed by atoms with Gasteiger partial charge >= 0.3 is 0 Å². The van der Waals surface area contributed by atoms with Crippen LogP contribution in [0, 0.1) is 6.92 Å². The first-order chi connectivity index (χ1) is 13.5. The van der Waals surface area contributed by atoms with Gasteiger partial charge in [0.05, 0.1) is 24.4 Å². The van der Waals surface area contributed by atoms with E-state index in [0.29, 0.717) is 12.2 Å². The molecule has 7 heteroatoms. The third kappa shape index (κ3) is 2.93. The van der Waals surface area contributed by atoms with Crippen molar-refractivity contribution in [2.45, 2.75) is 26.4 Å². The van der Waals surface area contributed by atoms with Crippen LogP contribution in [-0.4, -0.2) is 36.8 Å². The number of aromatic nitrogens is 5. The van der Waals surface area contributed by atoms with Crippen molar-refractivity contribution < 1.29 is 9.84 Å². The number of nitrogens with zero attached hydrogens (tertiary/aromatic N) is 5. The van der Waals surface area contributed by atoms with E-state index in [1.165, 1.54) is 0 Å². The molecule has 1 N–H and O–H groups in total. The van der Waals surface area contributed by atoms with Crippen molar-refractivity contribution in [1.29, 1.82) is 0 Å². The zero-order valence-corrected chi connectivity index (χ0v) is 16.4. The topological polar surface area (TPSA) is 78.0 Å². The van der Waals surface area contributed by atoms with Crippen LogP contribution in [0.25, 0.3) is 28.0 Å². The fourth-order valence-corrected chi connectivity index (χ4v) is 3.54. The van der Waals surface area contributed by atoms with Crippen LogP contribution in [-0.2, 0) is 7.05 Å². The van der Waals surface area contributed by atoms with Gasteiger partial charge in [-0.05, 0) is 37.6 Å². The Morgan fingerprint density at radius 1 is 1.25 bits per heavy atom. The van der Waals surface area contributed by atoms with Crippen molar-refractivity contribution in [1.82, 2.24) is 24.5 Å². The highest BCUT2D eigenvalue weighted by atomic mass is 16.5. The Hall–Kier alpha value is -3.19. The Kier molecular flexibility index (Phi) is 4.60. The summed E-state index contributed by atoms with van der Waals surface area (Å²) in [6.45, 7) is 3.89. The molecule has 3 aromatic heterocycles. The number of hydrogen-bond acceptors (Lipinski definition) is 5. The molecular weight excluding hydrogens is 354 g/mol. The molecule has 0 spiro atoms. The van der Waals surface area contributed by atoms with Gasteiger partial charge in [0.2, 0.25) is 0 Å². The summed E-state index contributed by atoms with van der Waals surface area (Å²) in [5, 5.41) is 19.5. The molecule has 0 saturated heterocycles. The average Bonchev–Trinajstić information content (AvgIpc) is 3.35. The summed E-state index contributed by atoms with van der Waals surface area (Å²) in [6.07, 6.45) is 3.69. The molecule has 4 rings (SSSR count). The van der Waals surface area contributed by atoms with E-state index in [2.05, 4.69) is 5.10 Å². The molecule has 1 atom stereocenters. The molecule has 0 aliphatic carbocycles. The number of aliphatic hydroxyl groups excluding tert-OH is 1. The predicted octanol–water partition coefficient (Wildman–Crippen LogP) is 3.58. The lowest BCUT2D eigenvalue weighted by molar-refractivity contribution is 0.174. The second-order valence-electron chi connectivity index (χ2n) is 6.78. The van der Waals surface area contributed by atoms with E-state index in [9.17, 15) is 5.11 Å². The fraction of sp³-hybridized carbons (Fsp3) is 0.286. The molecule has 0 bridgehead atoms. The number of aliphatic hydroxyl groups is 1. The monoisotopic (exact) mass is 377 g/mol. The maximum atomic E-state index is 10.5. The van der Waals surface area contributed by atoms with Crippen molar-refractivity contribution in [3.63, 3.8) is 0 Å². The van der Waals surface area contributed by atoms with Gasteiger partial charge < -0.3 is 9.84 Å². The van der Waals surface area contributed by atoms with Crippen LogP contribution in [0.4, 0.5) is 0 Å². The number of rotatable bonds is 5. The van der Waals surface area contributed by atoms with E-state index in [-0.39, 0.29) is 0 Å². The first-order valence-corrected chi connectivity index (χ1v) is 9.24. The fourth-order valence-electron chi connectivity index (χ4n) is 3.54. The molecular formula is C21H23N5O2. The summed E-state index contributed by atoms with van der Waals surface area (Å²) in [6, 6.07) is 9.68. The Labute approximate surface area is 163 Å². The molecule has 144 valence electrons. The second-order valence-corrected chi connectivity index (χ2v) is 6.78. The van der Waals surface area contributed by atoms with Crippen LogP contribution in [0.15, 0.2) is 42.7 Å². The molecule has 1 aromatic carbocycles. The van der Waals surface area contributed by atoms with E-state index in [0.717, 1.165) is 39.2 Å². The zero-order chi connectivity index (χ0) is 19.8. The summed E-state index contributed by atoms with van der Waals surface area (Å²) in [7, 11) is 3.51. The minimum absolute atomic E-state index is 0.559. The molecule has 0 aliphatic rings. The van der Waals surface area contributed by atoms with Gasteiger partial charge in [-0.15, -0.1) is 0 Å². The third-order valence-corrected chi connectivity index (χ3v) is 4.90. The first kappa shape index (κ1) is 18.2. The van der Waals surface area contributed by atoms with Crippen molar-refractivity contribution >= 4 is 11.0 Å². The molecule has 0 amide bonds. The SMILES string of the molecule is CCC(O)c1cc(C)nc2c(-c3ccc(-n4cccn4)cc3OC)nn(C)c12. The maximum Gasteiger partial charge on any atom is 0.130 e. The molecule has 0 saturated carbocycles. The molecule has 28 heavy (non-hydrogen) atoms. The quantitative estimate of drug-likeness (QED) is 0.575. The molecule has 4 aromatic rings. The van der Waals surface area contributed by atoms with Gasteiger partial charge in [-0.25, -0.2) is 9.67 Å². The number of pyridine rings is 1. The van der Waals surface area contributed by atoms with Gasteiger partial charge in [-0.3, -0.25) is 4.68 Å². The molecule has 1 unspecified atom stereocenters. The molecule has 3 heterocycles. The minimum Gasteiger partial charge on any atom is -0.496 e. The summed E-state index contributed by atoms with van der Waals surface area (Å²) in [4.78, 5) is 4.73. The van der Waals surface area contributed by atoms with Crippen molar-refractivity contribution in [3.05, 3.63) is 54.0 Å². The highest BCUT2D eigenvalue weighted by Gasteiger charge is 2.21. The van der Waals surface area contributed by atoms with Crippen LogP contribution >= 0.6 is 0 Å². The van der Waals surface area contributed by atoms with Gasteiger partial charge in [-0.2, -0.15) is 10.2 Å². The Bertz CT molecular complexity index is 1130. The number of methoxy groups -OCH3 is 1. The number of hydrogen-bond donors (Lipinski definition) is 1. The third-order valence-electron chi connectivity index (χ3n) is 4.90. The van der Waals surface area contributed by atoms with Crippen LogP contribution in [0.3, 0.4) is 0 Å². The number of aryl methyl sites for hydroxylation is 2. The highest BCUT2D eigenvalue weighted by Crippen LogP contribution is 2.37. The zero-order valence-electron chi connectivity index (χ0n) is 16.4. The largest absolute Gasteiger partial charge is 0.496 e. The Morgan fingerprint density at radius 2 is 2.07 bits per heavy atom. The summed E-state index contributed by atoms with van der Waals surface area (Å²) < 4.78 is 9.22. The summed E-state index contributed by atoms with van der Waals surface area (Å²) in [5.41, 5.74) is 5.77. The van der Waals surface area contributed by atoms with E-state index >= 15 is 0 Å². The summed E-state index contributed by atoms with van der Waals surface area (Å²) in [5.74, 6) is 0.689. The van der Waals surface area contributed by atoms with Crippen molar-refractivity contribution in [2.24, 2.45) is 7.05 Å². The maximum absolute atomic E-state index is 10.5. The average molecular weight is 377 g/mol. The second kappa shape index (κ2) is 7.09. The lowest BCUT2D eigenvalue weighted by atomic mass is 10.0. The van der Waals surface area contributed by atoms with Crippen LogP contribution in [0.2, 0.25) is 0 Å². The lowest BCUT2D eigenvalue weighted by Crippen LogP contribution is -2.02. The minimum atomic E-state index is -0.559. The smallest absolute Gasteiger partial charge is 0.130 e. The van der Waals surface area contributed by atoms with Crippen LogP contribution in [0.5, 0.6) is 5.75 Å². The van der Waals surface area contributed by atoms with Gasteiger partial charge in [0.15, 0.2) is 0 Å². The van der Waals surface area contributed by atoms with Gasteiger partial charge in [-0.1, -0.05) is 6.92 Å². The van der Waals surface area contributed by atoms with E-state index in [4.69, 9.17) is 14.8 Å². The molecule has 7 nitrogen and oxygen atoms in total. The summed E-state index contributed by atoms with van der Waals surface area (Å²) >= 11 is 0. The van der Waals surface area contributed by atoms with E-state index in [1.54, 1.807) is 22.7 Å². The van der Waals surface area contributed by atoms with Crippen LogP contribution in [0.1, 0.15) is 30.7 Å². The van der Waals surface area contributed by atoms with E-state index < -0.39 is 6.10 Å². The standard InChI is InChI=1S/C21H23N5O2/c1-5-17(27)16-11-13(2)23-20-19(24-25(3)21(16)20)15-8-7-14(12-18(15)28-4)26-10-6-9-22-26/h6-12,17,27H,5H2,1-4H3. The lowest BCUT2D eigenvalue weighted by Gasteiger charge is -2.12. The Morgan fingerprint density at radius 3 is 2.75 bits per heavy atom. The van der Waals surface area contributed by atoms with Crippen LogP contribution < -0.4 is 4.74 Å². The van der Waals surface area contributed by atoms with E-state index in [1.807, 2.05) is 57.4 Å². The number of ether oxygens (including phenoxy) is 1. The number of fused-ring (bicyclic) bond motifs is 1. The van der Waals surface area contributed by atoms with Crippen molar-refractivity contribution in [3.8, 4) is 22.7 Å². The molecule has 0 aliphatic heterocycles. The predicted molar refractivity (Wildman–Crippen MR) is 108 cm³/mol. The normalized spacial score (nSPS) is 12.5. The molecule has 0 fully saturated rings. The number of benzene rings is 1.